The molecule has 2 aromatic rings. The van der Waals surface area contributed by atoms with Gasteiger partial charge in [0.2, 0.25) is 5.95 Å². The van der Waals surface area contributed by atoms with Crippen LogP contribution in [-0.2, 0) is 0 Å². The lowest BCUT2D eigenvalue weighted by molar-refractivity contribution is 0.0602. The zero-order valence-corrected chi connectivity index (χ0v) is 16.3. The third-order valence-corrected chi connectivity index (χ3v) is 5.20. The maximum atomic E-state index is 12.9. The SMILES string of the molecule is CCC1CCCCN1C(=O)c1ccnc(Nc2c(C)cc(C)cc2Cl)n1. The summed E-state index contributed by atoms with van der Waals surface area (Å²) >= 11 is 6.35. The predicted octanol–water partition coefficient (Wildman–Crippen LogP) is 4.90. The second kappa shape index (κ2) is 8.04. The van der Waals surface area contributed by atoms with Crippen molar-refractivity contribution in [2.24, 2.45) is 0 Å². The molecule has 0 radical (unpaired) electrons. The average molecular weight is 373 g/mol. The first-order valence-corrected chi connectivity index (χ1v) is 9.55. The fourth-order valence-corrected chi connectivity index (χ4v) is 3.93. The van der Waals surface area contributed by atoms with E-state index >= 15 is 0 Å². The monoisotopic (exact) mass is 372 g/mol. The fourth-order valence-electron chi connectivity index (χ4n) is 3.56. The van der Waals surface area contributed by atoms with Gasteiger partial charge in [0.15, 0.2) is 0 Å². The molecule has 2 heterocycles. The van der Waals surface area contributed by atoms with Gasteiger partial charge in [0.1, 0.15) is 5.69 Å². The van der Waals surface area contributed by atoms with E-state index in [1.165, 1.54) is 6.42 Å². The molecule has 1 aliphatic rings. The second-order valence-corrected chi connectivity index (χ2v) is 7.29. The van der Waals surface area contributed by atoms with Crippen molar-refractivity contribution in [2.45, 2.75) is 52.5 Å². The van der Waals surface area contributed by atoms with Crippen molar-refractivity contribution in [3.05, 3.63) is 46.2 Å². The number of likely N-dealkylation sites (tertiary alicyclic amines) is 1. The quantitative estimate of drug-likeness (QED) is 0.829. The molecule has 1 atom stereocenters. The first kappa shape index (κ1) is 18.6. The lowest BCUT2D eigenvalue weighted by Gasteiger charge is -2.35. The summed E-state index contributed by atoms with van der Waals surface area (Å²) in [5.41, 5.74) is 3.30. The summed E-state index contributed by atoms with van der Waals surface area (Å²) in [5.74, 6) is 0.364. The number of rotatable bonds is 4. The normalized spacial score (nSPS) is 17.2. The first-order chi connectivity index (χ1) is 12.5. The molecule has 6 heteroatoms. The molecule has 26 heavy (non-hydrogen) atoms. The lowest BCUT2D eigenvalue weighted by atomic mass is 9.99. The van der Waals surface area contributed by atoms with Crippen molar-refractivity contribution < 1.29 is 4.79 Å². The summed E-state index contributed by atoms with van der Waals surface area (Å²) in [4.78, 5) is 23.6. The van der Waals surface area contributed by atoms with Gasteiger partial charge in [-0.3, -0.25) is 4.79 Å². The van der Waals surface area contributed by atoms with Crippen molar-refractivity contribution in [1.29, 1.82) is 0 Å². The summed E-state index contributed by atoms with van der Waals surface area (Å²) in [6.07, 6.45) is 5.89. The highest BCUT2D eigenvalue weighted by molar-refractivity contribution is 6.33. The molecule has 0 spiro atoms. The van der Waals surface area contributed by atoms with Crippen LogP contribution in [0.15, 0.2) is 24.4 Å². The third kappa shape index (κ3) is 3.98. The summed E-state index contributed by atoms with van der Waals surface area (Å²) in [5, 5.41) is 3.78. The largest absolute Gasteiger partial charge is 0.334 e. The Labute approximate surface area is 159 Å². The van der Waals surface area contributed by atoms with Gasteiger partial charge in [-0.05, 0) is 62.8 Å². The van der Waals surface area contributed by atoms with Gasteiger partial charge in [0, 0.05) is 18.8 Å². The van der Waals surface area contributed by atoms with Crippen LogP contribution >= 0.6 is 11.6 Å². The molecule has 1 aliphatic heterocycles. The summed E-state index contributed by atoms with van der Waals surface area (Å²) in [6.45, 7) is 6.91. The molecule has 1 fully saturated rings. The van der Waals surface area contributed by atoms with Crippen LogP contribution in [-0.4, -0.2) is 33.4 Å². The molecule has 1 saturated heterocycles. The first-order valence-electron chi connectivity index (χ1n) is 9.17. The molecular formula is C20H25ClN4O. The van der Waals surface area contributed by atoms with E-state index in [4.69, 9.17) is 11.6 Å². The van der Waals surface area contributed by atoms with Gasteiger partial charge in [-0.2, -0.15) is 0 Å². The number of hydrogen-bond donors (Lipinski definition) is 1. The van der Waals surface area contributed by atoms with Crippen molar-refractivity contribution >= 4 is 29.1 Å². The van der Waals surface area contributed by atoms with Gasteiger partial charge in [-0.1, -0.05) is 24.6 Å². The van der Waals surface area contributed by atoms with E-state index in [2.05, 4.69) is 22.2 Å². The zero-order valence-electron chi connectivity index (χ0n) is 15.6. The molecule has 1 N–H and O–H groups in total. The van der Waals surface area contributed by atoms with Crippen LogP contribution in [0.1, 0.15) is 54.2 Å². The molecule has 1 aromatic carbocycles. The van der Waals surface area contributed by atoms with Gasteiger partial charge in [0.05, 0.1) is 10.7 Å². The molecule has 1 aromatic heterocycles. The maximum Gasteiger partial charge on any atom is 0.272 e. The van der Waals surface area contributed by atoms with E-state index in [1.807, 2.05) is 30.9 Å². The predicted molar refractivity (Wildman–Crippen MR) is 105 cm³/mol. The Morgan fingerprint density at radius 2 is 2.15 bits per heavy atom. The van der Waals surface area contributed by atoms with Gasteiger partial charge < -0.3 is 10.2 Å². The number of carbonyl (C=O) groups is 1. The van der Waals surface area contributed by atoms with E-state index in [9.17, 15) is 4.79 Å². The number of benzene rings is 1. The summed E-state index contributed by atoms with van der Waals surface area (Å²) in [6, 6.07) is 5.92. The van der Waals surface area contributed by atoms with Crippen LogP contribution in [0.25, 0.3) is 0 Å². The Bertz CT molecular complexity index is 785. The van der Waals surface area contributed by atoms with E-state index in [0.29, 0.717) is 22.7 Å². The number of piperidine rings is 1. The number of carbonyl (C=O) groups excluding carboxylic acids is 1. The van der Waals surface area contributed by atoms with Crippen LogP contribution in [0, 0.1) is 13.8 Å². The number of hydrogen-bond acceptors (Lipinski definition) is 4. The third-order valence-electron chi connectivity index (χ3n) is 4.90. The molecular weight excluding hydrogens is 348 g/mol. The number of anilines is 2. The van der Waals surface area contributed by atoms with Crippen LogP contribution < -0.4 is 5.32 Å². The topological polar surface area (TPSA) is 58.1 Å². The Morgan fingerprint density at radius 3 is 2.88 bits per heavy atom. The average Bonchev–Trinajstić information content (AvgIpc) is 2.64. The Hall–Kier alpha value is -2.14. The molecule has 138 valence electrons. The van der Waals surface area contributed by atoms with E-state index in [1.54, 1.807) is 12.3 Å². The highest BCUT2D eigenvalue weighted by Crippen LogP contribution is 2.29. The van der Waals surface area contributed by atoms with Crippen LogP contribution in [0.3, 0.4) is 0 Å². The van der Waals surface area contributed by atoms with Crippen LogP contribution in [0.5, 0.6) is 0 Å². The van der Waals surface area contributed by atoms with E-state index < -0.39 is 0 Å². The Morgan fingerprint density at radius 1 is 1.35 bits per heavy atom. The lowest BCUT2D eigenvalue weighted by Crippen LogP contribution is -2.43. The van der Waals surface area contributed by atoms with Crippen LogP contribution in [0.2, 0.25) is 5.02 Å². The minimum Gasteiger partial charge on any atom is -0.334 e. The van der Waals surface area contributed by atoms with Crippen molar-refractivity contribution in [2.75, 3.05) is 11.9 Å². The number of aryl methyl sites for hydroxylation is 2. The number of amides is 1. The minimum absolute atomic E-state index is 0.0197. The molecule has 5 nitrogen and oxygen atoms in total. The zero-order chi connectivity index (χ0) is 18.7. The van der Waals surface area contributed by atoms with Crippen molar-refractivity contribution in [1.82, 2.24) is 14.9 Å². The number of halogens is 1. The highest BCUT2D eigenvalue weighted by atomic mass is 35.5. The standard InChI is InChI=1S/C20H25ClN4O/c1-4-15-7-5-6-10-25(15)19(26)17-8-9-22-20(23-17)24-18-14(3)11-13(2)12-16(18)21/h8-9,11-12,15H,4-7,10H2,1-3H3,(H,22,23,24). The number of nitrogens with one attached hydrogen (secondary N) is 1. The summed E-state index contributed by atoms with van der Waals surface area (Å²) < 4.78 is 0. The molecule has 0 bridgehead atoms. The maximum absolute atomic E-state index is 12.9. The van der Waals surface area contributed by atoms with Crippen molar-refractivity contribution in [3.63, 3.8) is 0 Å². The molecule has 0 aliphatic carbocycles. The Kier molecular flexibility index (Phi) is 5.77. The Balaban J connectivity index is 1.83. The molecule has 1 amide bonds. The van der Waals surface area contributed by atoms with Gasteiger partial charge in [-0.15, -0.1) is 0 Å². The number of aromatic nitrogens is 2. The number of nitrogens with zero attached hydrogens (tertiary/aromatic N) is 3. The highest BCUT2D eigenvalue weighted by Gasteiger charge is 2.27. The van der Waals surface area contributed by atoms with Gasteiger partial charge in [-0.25, -0.2) is 9.97 Å². The molecule has 1 unspecified atom stereocenters. The molecule has 3 rings (SSSR count). The van der Waals surface area contributed by atoms with Crippen molar-refractivity contribution in [3.8, 4) is 0 Å². The smallest absolute Gasteiger partial charge is 0.272 e. The van der Waals surface area contributed by atoms with Crippen LogP contribution in [0.4, 0.5) is 11.6 Å². The second-order valence-electron chi connectivity index (χ2n) is 6.89. The summed E-state index contributed by atoms with van der Waals surface area (Å²) in [7, 11) is 0. The molecule has 0 saturated carbocycles. The van der Waals surface area contributed by atoms with Gasteiger partial charge in [0.25, 0.3) is 5.91 Å². The van der Waals surface area contributed by atoms with E-state index in [0.717, 1.165) is 42.6 Å². The van der Waals surface area contributed by atoms with Gasteiger partial charge >= 0.3 is 0 Å². The van der Waals surface area contributed by atoms with E-state index in [-0.39, 0.29) is 5.91 Å². The minimum atomic E-state index is -0.0197. The fraction of sp³-hybridized carbons (Fsp3) is 0.450.